The van der Waals surface area contributed by atoms with E-state index in [4.69, 9.17) is 9.84 Å². The largest absolute Gasteiger partial charge is 0.480 e. The summed E-state index contributed by atoms with van der Waals surface area (Å²) in [4.78, 5) is 28.9. The number of rotatable bonds is 7. The number of carbonyl (C=O) groups excluding carboxylic acids is 1. The van der Waals surface area contributed by atoms with Crippen molar-refractivity contribution in [1.29, 1.82) is 0 Å². The fourth-order valence-electron chi connectivity index (χ4n) is 1.31. The van der Waals surface area contributed by atoms with Crippen molar-refractivity contribution in [2.45, 2.75) is 32.2 Å². The van der Waals surface area contributed by atoms with Crippen LogP contribution in [0.4, 0.5) is 4.79 Å². The minimum absolute atomic E-state index is 0.137. The van der Waals surface area contributed by atoms with Gasteiger partial charge in [0.25, 0.3) is 0 Å². The Morgan fingerprint density at radius 1 is 1.61 bits per heavy atom. The molecule has 3 N–H and O–H groups in total. The van der Waals surface area contributed by atoms with Gasteiger partial charge in [0.2, 0.25) is 0 Å². The van der Waals surface area contributed by atoms with Crippen molar-refractivity contribution >= 4 is 12.1 Å². The Bertz CT molecular complexity index is 378. The minimum Gasteiger partial charge on any atom is -0.480 e. The van der Waals surface area contributed by atoms with Crippen molar-refractivity contribution in [1.82, 2.24) is 15.3 Å². The third kappa shape index (κ3) is 4.86. The quantitative estimate of drug-likeness (QED) is 0.629. The predicted octanol–water partition coefficient (Wildman–Crippen LogP) is 0.932. The van der Waals surface area contributed by atoms with Crippen LogP contribution in [0.3, 0.4) is 0 Å². The number of unbranched alkanes of at least 4 members (excludes halogenated alkanes) is 1. The van der Waals surface area contributed by atoms with Gasteiger partial charge in [-0.25, -0.2) is 14.6 Å². The zero-order valence-corrected chi connectivity index (χ0v) is 10.2. The number of nitrogens with zero attached hydrogens (tertiary/aromatic N) is 1. The van der Waals surface area contributed by atoms with Crippen molar-refractivity contribution in [2.75, 3.05) is 6.61 Å². The lowest BCUT2D eigenvalue weighted by Gasteiger charge is -2.13. The summed E-state index contributed by atoms with van der Waals surface area (Å²) >= 11 is 0. The monoisotopic (exact) mass is 255 g/mol. The highest BCUT2D eigenvalue weighted by Gasteiger charge is 2.21. The maximum atomic E-state index is 11.3. The van der Waals surface area contributed by atoms with Crippen LogP contribution in [0.5, 0.6) is 0 Å². The summed E-state index contributed by atoms with van der Waals surface area (Å²) in [5, 5.41) is 11.3. The molecule has 1 unspecified atom stereocenters. The molecule has 7 heteroatoms. The first-order valence-electron chi connectivity index (χ1n) is 5.76. The number of aromatic nitrogens is 2. The van der Waals surface area contributed by atoms with E-state index in [1.54, 1.807) is 0 Å². The fourth-order valence-corrected chi connectivity index (χ4v) is 1.31. The molecule has 0 saturated carbocycles. The van der Waals surface area contributed by atoms with Gasteiger partial charge in [0.05, 0.1) is 12.9 Å². The van der Waals surface area contributed by atoms with Crippen LogP contribution in [0.1, 0.15) is 25.5 Å². The van der Waals surface area contributed by atoms with Crippen molar-refractivity contribution in [3.63, 3.8) is 0 Å². The van der Waals surface area contributed by atoms with Gasteiger partial charge in [-0.3, -0.25) is 0 Å². The molecule has 100 valence electrons. The standard InChI is InChI=1S/C11H17N3O4/c1-2-3-4-18-11(17)14-9(10(15)16)5-8-6-12-7-13-8/h6-7,9H,2-5H2,1H3,(H,12,13)(H,14,17)(H,15,16). The number of aromatic amines is 1. The van der Waals surface area contributed by atoms with E-state index in [2.05, 4.69) is 15.3 Å². The summed E-state index contributed by atoms with van der Waals surface area (Å²) < 4.78 is 4.84. The summed E-state index contributed by atoms with van der Waals surface area (Å²) in [5.74, 6) is -1.11. The first-order valence-corrected chi connectivity index (χ1v) is 5.76. The van der Waals surface area contributed by atoms with Gasteiger partial charge in [-0.15, -0.1) is 0 Å². The van der Waals surface area contributed by atoms with E-state index < -0.39 is 18.1 Å². The number of H-pyrrole nitrogens is 1. The SMILES string of the molecule is CCCCOC(=O)NC(Cc1cnc[nH]1)C(=O)O. The highest BCUT2D eigenvalue weighted by molar-refractivity contribution is 5.80. The molecule has 0 aliphatic carbocycles. The van der Waals surface area contributed by atoms with Gasteiger partial charge in [0.1, 0.15) is 6.04 Å². The van der Waals surface area contributed by atoms with Crippen molar-refractivity contribution < 1.29 is 19.4 Å². The second-order valence-corrected chi connectivity index (χ2v) is 3.81. The molecular formula is C11H17N3O4. The highest BCUT2D eigenvalue weighted by Crippen LogP contribution is 1.99. The Morgan fingerprint density at radius 3 is 2.94 bits per heavy atom. The molecule has 0 aliphatic heterocycles. The number of carboxylic acid groups (broad SMARTS) is 1. The van der Waals surface area contributed by atoms with Gasteiger partial charge in [-0.05, 0) is 6.42 Å². The summed E-state index contributed by atoms with van der Waals surface area (Å²) in [7, 11) is 0. The average Bonchev–Trinajstić information content (AvgIpc) is 2.81. The molecule has 0 bridgehead atoms. The molecule has 1 atom stereocenters. The Labute approximate surface area is 105 Å². The molecule has 0 saturated heterocycles. The van der Waals surface area contributed by atoms with Crippen LogP contribution in [0.2, 0.25) is 0 Å². The Kier molecular flexibility index (Phi) is 5.69. The zero-order chi connectivity index (χ0) is 13.4. The number of ether oxygens (including phenoxy) is 1. The number of carboxylic acids is 1. The van der Waals surface area contributed by atoms with Crippen LogP contribution >= 0.6 is 0 Å². The van der Waals surface area contributed by atoms with E-state index in [0.29, 0.717) is 12.3 Å². The average molecular weight is 255 g/mol. The van der Waals surface area contributed by atoms with Crippen LogP contribution in [0, 0.1) is 0 Å². The molecule has 0 radical (unpaired) electrons. The van der Waals surface area contributed by atoms with Crippen LogP contribution in [0.25, 0.3) is 0 Å². The summed E-state index contributed by atoms with van der Waals surface area (Å²) in [6, 6.07) is -1.03. The fraction of sp³-hybridized carbons (Fsp3) is 0.545. The molecule has 1 rings (SSSR count). The van der Waals surface area contributed by atoms with E-state index in [1.807, 2.05) is 6.92 Å². The van der Waals surface area contributed by atoms with E-state index >= 15 is 0 Å². The second-order valence-electron chi connectivity index (χ2n) is 3.81. The molecule has 18 heavy (non-hydrogen) atoms. The van der Waals surface area contributed by atoms with E-state index in [1.165, 1.54) is 12.5 Å². The molecule has 0 aromatic carbocycles. The number of hydrogen-bond acceptors (Lipinski definition) is 4. The van der Waals surface area contributed by atoms with Crippen molar-refractivity contribution in [3.05, 3.63) is 18.2 Å². The molecule has 7 nitrogen and oxygen atoms in total. The number of hydrogen-bond donors (Lipinski definition) is 3. The molecular weight excluding hydrogens is 238 g/mol. The maximum Gasteiger partial charge on any atom is 0.407 e. The molecule has 1 heterocycles. The molecule has 0 aliphatic rings. The van der Waals surface area contributed by atoms with Gasteiger partial charge in [0.15, 0.2) is 0 Å². The van der Waals surface area contributed by atoms with Gasteiger partial charge in [0, 0.05) is 18.3 Å². The number of nitrogens with one attached hydrogen (secondary N) is 2. The van der Waals surface area contributed by atoms with E-state index in [-0.39, 0.29) is 6.42 Å². The lowest BCUT2D eigenvalue weighted by atomic mass is 10.2. The van der Waals surface area contributed by atoms with Crippen molar-refractivity contribution in [2.24, 2.45) is 0 Å². The van der Waals surface area contributed by atoms with E-state index in [0.717, 1.165) is 12.8 Å². The van der Waals surface area contributed by atoms with Crippen LogP contribution < -0.4 is 5.32 Å². The number of alkyl carbamates (subject to hydrolysis) is 1. The molecule has 1 aromatic rings. The van der Waals surface area contributed by atoms with Gasteiger partial charge >= 0.3 is 12.1 Å². The number of imidazole rings is 1. The second kappa shape index (κ2) is 7.31. The molecule has 1 amide bonds. The van der Waals surface area contributed by atoms with Gasteiger partial charge in [-0.2, -0.15) is 0 Å². The highest BCUT2D eigenvalue weighted by atomic mass is 16.5. The molecule has 1 aromatic heterocycles. The van der Waals surface area contributed by atoms with Crippen LogP contribution in [0.15, 0.2) is 12.5 Å². The maximum absolute atomic E-state index is 11.3. The number of amides is 1. The lowest BCUT2D eigenvalue weighted by Crippen LogP contribution is -2.42. The third-order valence-corrected chi connectivity index (χ3v) is 2.30. The third-order valence-electron chi connectivity index (χ3n) is 2.30. The van der Waals surface area contributed by atoms with Crippen molar-refractivity contribution in [3.8, 4) is 0 Å². The Hall–Kier alpha value is -2.05. The van der Waals surface area contributed by atoms with Crippen LogP contribution in [-0.2, 0) is 16.0 Å². The van der Waals surface area contributed by atoms with E-state index in [9.17, 15) is 9.59 Å². The predicted molar refractivity (Wildman–Crippen MR) is 63.1 cm³/mol. The molecule has 0 spiro atoms. The summed E-state index contributed by atoms with van der Waals surface area (Å²) in [6.45, 7) is 2.26. The normalized spacial score (nSPS) is 11.8. The number of carbonyl (C=O) groups is 2. The first-order chi connectivity index (χ1) is 8.63. The lowest BCUT2D eigenvalue weighted by molar-refractivity contribution is -0.139. The molecule has 0 fully saturated rings. The number of aliphatic carboxylic acids is 1. The smallest absolute Gasteiger partial charge is 0.407 e. The van der Waals surface area contributed by atoms with Gasteiger partial charge in [-0.1, -0.05) is 13.3 Å². The Morgan fingerprint density at radius 2 is 2.39 bits per heavy atom. The Balaban J connectivity index is 2.42. The first kappa shape index (κ1) is 14.0. The summed E-state index contributed by atoms with van der Waals surface area (Å²) in [5.41, 5.74) is 0.635. The summed E-state index contributed by atoms with van der Waals surface area (Å²) in [6.07, 6.45) is 4.05. The topological polar surface area (TPSA) is 104 Å². The zero-order valence-electron chi connectivity index (χ0n) is 10.2. The van der Waals surface area contributed by atoms with Gasteiger partial charge < -0.3 is 20.1 Å². The minimum atomic E-state index is -1.11. The van der Waals surface area contributed by atoms with Crippen LogP contribution in [-0.4, -0.2) is 39.8 Å².